The fourth-order valence-corrected chi connectivity index (χ4v) is 1.78. The average Bonchev–Trinajstić information content (AvgIpc) is 2.48. The number of aromatic amines is 1. The first-order chi connectivity index (χ1) is 10.5. The number of rotatable bonds is 5. The summed E-state index contributed by atoms with van der Waals surface area (Å²) in [6, 6.07) is 6.19. The van der Waals surface area contributed by atoms with Crippen LogP contribution in [0.5, 0.6) is 5.75 Å². The number of aromatic hydroxyl groups is 1. The van der Waals surface area contributed by atoms with Crippen molar-refractivity contribution in [3.8, 4) is 5.75 Å². The van der Waals surface area contributed by atoms with Crippen LogP contribution in [-0.2, 0) is 11.2 Å². The van der Waals surface area contributed by atoms with E-state index in [1.165, 1.54) is 18.3 Å². The highest BCUT2D eigenvalue weighted by Gasteiger charge is 2.08. The van der Waals surface area contributed by atoms with E-state index in [9.17, 15) is 14.7 Å². The Labute approximate surface area is 129 Å². The first-order valence-electron chi connectivity index (χ1n) is 6.23. The third-order valence-corrected chi connectivity index (χ3v) is 2.97. The minimum atomic E-state index is -1.03. The lowest BCUT2D eigenvalue weighted by Gasteiger charge is -2.01. The van der Waals surface area contributed by atoms with Gasteiger partial charge in [-0.25, -0.2) is 0 Å². The Balaban J connectivity index is 2.32. The lowest BCUT2D eigenvalue weighted by atomic mass is 10.2. The van der Waals surface area contributed by atoms with Crippen molar-refractivity contribution in [3.63, 3.8) is 0 Å². The van der Waals surface area contributed by atoms with Crippen LogP contribution in [0.25, 0.3) is 0 Å². The smallest absolute Gasteiger partial charge is 0.303 e. The molecule has 0 spiro atoms. The number of nitrogens with zero attached hydrogens (tertiary/aromatic N) is 3. The van der Waals surface area contributed by atoms with Gasteiger partial charge in [0, 0.05) is 6.42 Å². The quantitative estimate of drug-likeness (QED) is 0.556. The number of benzene rings is 1. The van der Waals surface area contributed by atoms with Gasteiger partial charge < -0.3 is 10.2 Å². The molecule has 9 heteroatoms. The molecule has 0 bridgehead atoms. The van der Waals surface area contributed by atoms with Gasteiger partial charge in [-0.05, 0) is 42.0 Å². The van der Waals surface area contributed by atoms with Crippen molar-refractivity contribution in [2.45, 2.75) is 12.8 Å². The molecule has 2 rings (SSSR count). The molecule has 2 aromatic rings. The summed E-state index contributed by atoms with van der Waals surface area (Å²) in [5.41, 5.74) is 0.127. The third-order valence-electron chi connectivity index (χ3n) is 2.71. The minimum Gasteiger partial charge on any atom is -0.508 e. The Morgan fingerprint density at radius 1 is 1.41 bits per heavy atom. The van der Waals surface area contributed by atoms with Gasteiger partial charge in [0.1, 0.15) is 11.4 Å². The van der Waals surface area contributed by atoms with E-state index < -0.39 is 11.5 Å². The van der Waals surface area contributed by atoms with Gasteiger partial charge in [-0.1, -0.05) is 0 Å². The molecule has 0 aliphatic heterocycles. The molecule has 0 aliphatic rings. The van der Waals surface area contributed by atoms with Crippen molar-refractivity contribution in [3.05, 3.63) is 50.6 Å². The number of carboxylic acids is 1. The largest absolute Gasteiger partial charge is 0.508 e. The Hall–Kier alpha value is -2.81. The van der Waals surface area contributed by atoms with Crippen molar-refractivity contribution in [2.24, 2.45) is 5.10 Å². The molecule has 1 aromatic carbocycles. The molecule has 114 valence electrons. The average molecular weight is 320 g/mol. The van der Waals surface area contributed by atoms with Crippen molar-refractivity contribution < 1.29 is 15.0 Å². The lowest BCUT2D eigenvalue weighted by molar-refractivity contribution is -0.136. The molecule has 0 aliphatic carbocycles. The summed E-state index contributed by atoms with van der Waals surface area (Å²) < 4.78 is 0.936. The highest BCUT2D eigenvalue weighted by atomic mass is 32.1. The number of H-pyrrole nitrogens is 1. The molecule has 0 radical (unpaired) electrons. The van der Waals surface area contributed by atoms with E-state index in [1.807, 2.05) is 0 Å². The predicted molar refractivity (Wildman–Crippen MR) is 80.7 cm³/mol. The number of hydrogen-bond donors (Lipinski definition) is 3. The molecular formula is C13H12N4O4S. The van der Waals surface area contributed by atoms with Gasteiger partial charge in [-0.15, -0.1) is 0 Å². The van der Waals surface area contributed by atoms with Crippen LogP contribution in [0.15, 0.2) is 34.2 Å². The Bertz CT molecular complexity index is 823. The van der Waals surface area contributed by atoms with E-state index in [4.69, 9.17) is 17.3 Å². The van der Waals surface area contributed by atoms with Crippen LogP contribution in [0.3, 0.4) is 0 Å². The number of phenols is 1. The van der Waals surface area contributed by atoms with Gasteiger partial charge in [0.15, 0.2) is 0 Å². The first kappa shape index (κ1) is 15.6. The second-order valence-electron chi connectivity index (χ2n) is 4.32. The SMILES string of the molecule is O=C(O)CCc1n[nH]c(=S)n(/N=C\c2ccc(O)cc2)c1=O. The zero-order chi connectivity index (χ0) is 16.1. The Kier molecular flexibility index (Phi) is 4.79. The van der Waals surface area contributed by atoms with Gasteiger partial charge in [0.05, 0.1) is 12.6 Å². The Morgan fingerprint density at radius 2 is 2.09 bits per heavy atom. The predicted octanol–water partition coefficient (Wildman–Crippen LogP) is 0.906. The summed E-state index contributed by atoms with van der Waals surface area (Å²) in [6.45, 7) is 0. The summed E-state index contributed by atoms with van der Waals surface area (Å²) >= 11 is 4.95. The second kappa shape index (κ2) is 6.76. The van der Waals surface area contributed by atoms with Crippen LogP contribution < -0.4 is 5.56 Å². The van der Waals surface area contributed by atoms with Gasteiger partial charge in [-0.3, -0.25) is 14.7 Å². The fraction of sp³-hybridized carbons (Fsp3) is 0.154. The number of aromatic nitrogens is 3. The molecule has 0 saturated heterocycles. The molecule has 0 saturated carbocycles. The first-order valence-corrected chi connectivity index (χ1v) is 6.64. The molecule has 22 heavy (non-hydrogen) atoms. The molecule has 0 fully saturated rings. The van der Waals surface area contributed by atoms with Gasteiger partial charge in [0.2, 0.25) is 4.77 Å². The zero-order valence-electron chi connectivity index (χ0n) is 11.3. The monoisotopic (exact) mass is 320 g/mol. The minimum absolute atomic E-state index is 0.000830. The number of carboxylic acid groups (broad SMARTS) is 1. The summed E-state index contributed by atoms with van der Waals surface area (Å²) in [4.78, 5) is 22.7. The summed E-state index contributed by atoms with van der Waals surface area (Å²) in [5, 5.41) is 28.0. The standard InChI is InChI=1S/C13H12N4O4S/c18-9-3-1-8(2-4-9)7-14-17-12(21)10(5-6-11(19)20)15-16-13(17)22/h1-4,7,18H,5-6H2,(H,16,22)(H,19,20)/b14-7-. The summed E-state index contributed by atoms with van der Waals surface area (Å²) in [7, 11) is 0. The van der Waals surface area contributed by atoms with E-state index in [0.717, 1.165) is 4.68 Å². The topological polar surface area (TPSA) is 121 Å². The maximum Gasteiger partial charge on any atom is 0.303 e. The van der Waals surface area contributed by atoms with E-state index in [2.05, 4.69) is 15.3 Å². The number of aliphatic carboxylic acids is 1. The highest BCUT2D eigenvalue weighted by molar-refractivity contribution is 7.71. The molecule has 1 heterocycles. The summed E-state index contributed by atoms with van der Waals surface area (Å²) in [6.07, 6.45) is 1.16. The van der Waals surface area contributed by atoms with E-state index in [0.29, 0.717) is 5.56 Å². The van der Waals surface area contributed by atoms with Crippen LogP contribution in [0.2, 0.25) is 0 Å². The summed E-state index contributed by atoms with van der Waals surface area (Å²) in [5.74, 6) is -0.908. The molecule has 3 N–H and O–H groups in total. The molecular weight excluding hydrogens is 308 g/mol. The Morgan fingerprint density at radius 3 is 2.73 bits per heavy atom. The normalized spacial score (nSPS) is 10.9. The highest BCUT2D eigenvalue weighted by Crippen LogP contribution is 2.07. The van der Waals surface area contributed by atoms with Gasteiger partial charge in [0.25, 0.3) is 5.56 Å². The van der Waals surface area contributed by atoms with Crippen LogP contribution in [0, 0.1) is 4.77 Å². The second-order valence-corrected chi connectivity index (χ2v) is 4.71. The van der Waals surface area contributed by atoms with Crippen LogP contribution >= 0.6 is 12.2 Å². The van der Waals surface area contributed by atoms with Crippen LogP contribution in [-0.4, -0.2) is 37.3 Å². The van der Waals surface area contributed by atoms with Gasteiger partial charge >= 0.3 is 5.97 Å². The number of hydrogen-bond acceptors (Lipinski definition) is 6. The fourth-order valence-electron chi connectivity index (χ4n) is 1.60. The molecule has 8 nitrogen and oxygen atoms in total. The maximum absolute atomic E-state index is 12.1. The molecule has 0 atom stereocenters. The van der Waals surface area contributed by atoms with Gasteiger partial charge in [-0.2, -0.15) is 14.9 Å². The van der Waals surface area contributed by atoms with Crippen molar-refractivity contribution >= 4 is 24.4 Å². The lowest BCUT2D eigenvalue weighted by Crippen LogP contribution is -2.25. The molecule has 1 aromatic heterocycles. The van der Waals surface area contributed by atoms with E-state index in [-0.39, 0.29) is 29.1 Å². The van der Waals surface area contributed by atoms with Crippen molar-refractivity contribution in [2.75, 3.05) is 0 Å². The third kappa shape index (κ3) is 3.85. The van der Waals surface area contributed by atoms with Crippen LogP contribution in [0.4, 0.5) is 0 Å². The van der Waals surface area contributed by atoms with E-state index >= 15 is 0 Å². The van der Waals surface area contributed by atoms with E-state index in [1.54, 1.807) is 12.1 Å². The number of nitrogens with one attached hydrogen (secondary N) is 1. The molecule has 0 unspecified atom stereocenters. The number of carbonyl (C=O) groups is 1. The van der Waals surface area contributed by atoms with Crippen LogP contribution in [0.1, 0.15) is 17.7 Å². The maximum atomic E-state index is 12.1. The molecule has 0 amide bonds. The number of aryl methyl sites for hydroxylation is 1. The number of phenolic OH excluding ortho intramolecular Hbond substituents is 1. The van der Waals surface area contributed by atoms with Crippen molar-refractivity contribution in [1.82, 2.24) is 14.9 Å². The zero-order valence-corrected chi connectivity index (χ0v) is 12.1. The van der Waals surface area contributed by atoms with Crippen molar-refractivity contribution in [1.29, 1.82) is 0 Å².